The minimum absolute atomic E-state index is 0.0628. The van der Waals surface area contributed by atoms with Crippen molar-refractivity contribution in [3.8, 4) is 11.3 Å². The first-order chi connectivity index (χ1) is 12.1. The molecule has 0 unspecified atom stereocenters. The second kappa shape index (κ2) is 7.48. The van der Waals surface area contributed by atoms with Gasteiger partial charge in [0.25, 0.3) is 5.56 Å². The molecule has 1 amide bonds. The fraction of sp³-hybridized carbons (Fsp3) is 0.167. The minimum Gasteiger partial charge on any atom is -0.350 e. The lowest BCUT2D eigenvalue weighted by atomic mass is 10.1. The zero-order chi connectivity index (χ0) is 17.6. The highest BCUT2D eigenvalue weighted by molar-refractivity contribution is 5.75. The van der Waals surface area contributed by atoms with E-state index in [1.807, 2.05) is 24.3 Å². The van der Waals surface area contributed by atoms with Crippen LogP contribution in [0.4, 0.5) is 0 Å². The van der Waals surface area contributed by atoms with Crippen molar-refractivity contribution >= 4 is 5.91 Å². The highest BCUT2D eigenvalue weighted by atomic mass is 16.2. The van der Waals surface area contributed by atoms with Gasteiger partial charge in [0, 0.05) is 42.5 Å². The van der Waals surface area contributed by atoms with Gasteiger partial charge in [0.05, 0.1) is 12.0 Å². The van der Waals surface area contributed by atoms with Crippen molar-refractivity contribution in [3.05, 3.63) is 76.9 Å². The first-order valence-electron chi connectivity index (χ1n) is 7.77. The van der Waals surface area contributed by atoms with Crippen LogP contribution in [0.15, 0.2) is 60.0 Å². The van der Waals surface area contributed by atoms with E-state index in [2.05, 4.69) is 20.3 Å². The molecule has 3 aromatic heterocycles. The van der Waals surface area contributed by atoms with Gasteiger partial charge in [0.2, 0.25) is 5.91 Å². The van der Waals surface area contributed by atoms with E-state index in [0.717, 1.165) is 16.8 Å². The van der Waals surface area contributed by atoms with E-state index in [4.69, 9.17) is 0 Å². The number of aromatic nitrogens is 4. The Hall–Kier alpha value is -3.35. The largest absolute Gasteiger partial charge is 0.350 e. The summed E-state index contributed by atoms with van der Waals surface area (Å²) in [6.45, 7) is 2.02. The van der Waals surface area contributed by atoms with Gasteiger partial charge in [0.15, 0.2) is 0 Å². The molecule has 7 heteroatoms. The molecule has 0 saturated heterocycles. The Morgan fingerprint density at radius 2 is 2.08 bits per heavy atom. The topological polar surface area (TPSA) is 89.8 Å². The maximum Gasteiger partial charge on any atom is 0.253 e. The lowest BCUT2D eigenvalue weighted by molar-refractivity contribution is -0.121. The van der Waals surface area contributed by atoms with Crippen molar-refractivity contribution in [2.75, 3.05) is 0 Å². The van der Waals surface area contributed by atoms with E-state index in [1.54, 1.807) is 25.5 Å². The standard InChI is InChI=1S/C18H17N5O2/c1-13-7-18(25)23(12-22-13)11-17(24)21-9-14-4-6-20-16(8-14)15-3-2-5-19-10-15/h2-8,10,12H,9,11H2,1H3,(H,21,24). The van der Waals surface area contributed by atoms with Crippen LogP contribution in [0.1, 0.15) is 11.3 Å². The molecule has 1 N–H and O–H groups in total. The van der Waals surface area contributed by atoms with Gasteiger partial charge in [-0.2, -0.15) is 0 Å². The molecule has 7 nitrogen and oxygen atoms in total. The van der Waals surface area contributed by atoms with Crippen LogP contribution in [0.5, 0.6) is 0 Å². The number of rotatable bonds is 5. The minimum atomic E-state index is -0.257. The molecular weight excluding hydrogens is 318 g/mol. The van der Waals surface area contributed by atoms with Crippen molar-refractivity contribution in [2.45, 2.75) is 20.0 Å². The predicted molar refractivity (Wildman–Crippen MR) is 92.5 cm³/mol. The van der Waals surface area contributed by atoms with E-state index in [-0.39, 0.29) is 18.0 Å². The quantitative estimate of drug-likeness (QED) is 0.759. The monoisotopic (exact) mass is 335 g/mol. The number of nitrogens with one attached hydrogen (secondary N) is 1. The molecule has 3 aromatic rings. The first kappa shape index (κ1) is 16.5. The fourth-order valence-corrected chi connectivity index (χ4v) is 2.30. The molecule has 3 heterocycles. The van der Waals surface area contributed by atoms with Crippen molar-refractivity contribution in [2.24, 2.45) is 0 Å². The predicted octanol–water partition coefficient (Wildman–Crippen LogP) is 1.33. The number of hydrogen-bond donors (Lipinski definition) is 1. The SMILES string of the molecule is Cc1cc(=O)n(CC(=O)NCc2ccnc(-c3cccnc3)c2)cn1. The second-order valence-electron chi connectivity index (χ2n) is 5.56. The Kier molecular flexibility index (Phi) is 4.94. The zero-order valence-corrected chi connectivity index (χ0v) is 13.7. The summed E-state index contributed by atoms with van der Waals surface area (Å²) in [5.41, 5.74) is 3.00. The number of aryl methyl sites for hydroxylation is 1. The highest BCUT2D eigenvalue weighted by Gasteiger charge is 2.06. The summed E-state index contributed by atoms with van der Waals surface area (Å²) in [5.74, 6) is -0.257. The van der Waals surface area contributed by atoms with E-state index < -0.39 is 0 Å². The molecule has 0 aliphatic rings. The van der Waals surface area contributed by atoms with Crippen LogP contribution < -0.4 is 10.9 Å². The van der Waals surface area contributed by atoms with Gasteiger partial charge in [0.1, 0.15) is 6.54 Å². The van der Waals surface area contributed by atoms with Gasteiger partial charge in [-0.1, -0.05) is 0 Å². The Morgan fingerprint density at radius 3 is 2.84 bits per heavy atom. The van der Waals surface area contributed by atoms with Crippen molar-refractivity contribution in [1.29, 1.82) is 0 Å². The van der Waals surface area contributed by atoms with E-state index in [1.165, 1.54) is 17.0 Å². The maximum absolute atomic E-state index is 12.1. The normalized spacial score (nSPS) is 10.4. The maximum atomic E-state index is 12.1. The number of nitrogens with zero attached hydrogens (tertiary/aromatic N) is 4. The van der Waals surface area contributed by atoms with Crippen LogP contribution in [0.25, 0.3) is 11.3 Å². The molecule has 0 saturated carbocycles. The van der Waals surface area contributed by atoms with E-state index in [0.29, 0.717) is 12.2 Å². The molecule has 0 aliphatic heterocycles. The Bertz CT molecular complexity index is 937. The average Bonchev–Trinajstić information content (AvgIpc) is 2.63. The summed E-state index contributed by atoms with van der Waals surface area (Å²) in [7, 11) is 0. The van der Waals surface area contributed by atoms with Gasteiger partial charge in [-0.05, 0) is 36.8 Å². The number of carbonyl (C=O) groups is 1. The molecule has 25 heavy (non-hydrogen) atoms. The van der Waals surface area contributed by atoms with Gasteiger partial charge in [-0.25, -0.2) is 4.98 Å². The van der Waals surface area contributed by atoms with Crippen LogP contribution in [0.2, 0.25) is 0 Å². The lowest BCUT2D eigenvalue weighted by Crippen LogP contribution is -2.32. The van der Waals surface area contributed by atoms with E-state index >= 15 is 0 Å². The van der Waals surface area contributed by atoms with Gasteiger partial charge >= 0.3 is 0 Å². The van der Waals surface area contributed by atoms with Crippen LogP contribution >= 0.6 is 0 Å². The summed E-state index contributed by atoms with van der Waals surface area (Å²) in [6.07, 6.45) is 6.51. The Morgan fingerprint density at radius 1 is 1.20 bits per heavy atom. The van der Waals surface area contributed by atoms with Crippen molar-refractivity contribution < 1.29 is 4.79 Å². The molecular formula is C18H17N5O2. The number of carbonyl (C=O) groups excluding carboxylic acids is 1. The van der Waals surface area contributed by atoms with Crippen LogP contribution in [-0.4, -0.2) is 25.4 Å². The van der Waals surface area contributed by atoms with Crippen LogP contribution in [-0.2, 0) is 17.9 Å². The van der Waals surface area contributed by atoms with E-state index in [9.17, 15) is 9.59 Å². The summed E-state index contributed by atoms with van der Waals surface area (Å²) in [6, 6.07) is 8.90. The van der Waals surface area contributed by atoms with Crippen LogP contribution in [0, 0.1) is 6.92 Å². The Balaban J connectivity index is 1.63. The van der Waals surface area contributed by atoms with Gasteiger partial charge < -0.3 is 5.32 Å². The third-order valence-electron chi connectivity index (χ3n) is 3.60. The third kappa shape index (κ3) is 4.35. The van der Waals surface area contributed by atoms with Gasteiger partial charge in [-0.15, -0.1) is 0 Å². The summed E-state index contributed by atoms with van der Waals surface area (Å²) in [5, 5.41) is 2.80. The number of hydrogen-bond acceptors (Lipinski definition) is 5. The molecule has 0 aliphatic carbocycles. The third-order valence-corrected chi connectivity index (χ3v) is 3.60. The summed E-state index contributed by atoms with van der Waals surface area (Å²) in [4.78, 5) is 36.3. The highest BCUT2D eigenvalue weighted by Crippen LogP contribution is 2.16. The average molecular weight is 335 g/mol. The molecule has 0 atom stereocenters. The van der Waals surface area contributed by atoms with Crippen molar-refractivity contribution in [3.63, 3.8) is 0 Å². The molecule has 0 aromatic carbocycles. The molecule has 0 radical (unpaired) electrons. The molecule has 126 valence electrons. The number of amides is 1. The molecule has 0 bridgehead atoms. The lowest BCUT2D eigenvalue weighted by Gasteiger charge is -2.08. The second-order valence-corrected chi connectivity index (χ2v) is 5.56. The zero-order valence-electron chi connectivity index (χ0n) is 13.7. The smallest absolute Gasteiger partial charge is 0.253 e. The number of pyridine rings is 2. The summed E-state index contributed by atoms with van der Waals surface area (Å²) < 4.78 is 1.27. The summed E-state index contributed by atoms with van der Waals surface area (Å²) >= 11 is 0. The van der Waals surface area contributed by atoms with Gasteiger partial charge in [-0.3, -0.25) is 24.1 Å². The molecule has 0 spiro atoms. The Labute approximate surface area is 144 Å². The van der Waals surface area contributed by atoms with Crippen molar-refractivity contribution in [1.82, 2.24) is 24.8 Å². The molecule has 0 fully saturated rings. The molecule has 3 rings (SSSR count). The van der Waals surface area contributed by atoms with Crippen LogP contribution in [0.3, 0.4) is 0 Å². The fourth-order valence-electron chi connectivity index (χ4n) is 2.30. The first-order valence-corrected chi connectivity index (χ1v) is 7.77.